The van der Waals surface area contributed by atoms with Gasteiger partial charge in [-0.05, 0) is 44.0 Å². The van der Waals surface area contributed by atoms with Gasteiger partial charge in [-0.1, -0.05) is 0 Å². The maximum absolute atomic E-state index is 12.3. The second-order valence-corrected chi connectivity index (χ2v) is 6.54. The van der Waals surface area contributed by atoms with E-state index in [-0.39, 0.29) is 17.7 Å². The van der Waals surface area contributed by atoms with Crippen LogP contribution in [0.15, 0.2) is 27.4 Å². The van der Waals surface area contributed by atoms with E-state index >= 15 is 0 Å². The van der Waals surface area contributed by atoms with Crippen LogP contribution >= 0.6 is 0 Å². The van der Waals surface area contributed by atoms with Crippen LogP contribution in [0.4, 0.5) is 0 Å². The van der Waals surface area contributed by atoms with E-state index in [1.165, 1.54) is 6.07 Å². The van der Waals surface area contributed by atoms with Crippen molar-refractivity contribution in [2.24, 2.45) is 0 Å². The number of fused-ring (bicyclic) bond motifs is 1. The van der Waals surface area contributed by atoms with Crippen LogP contribution in [0.3, 0.4) is 0 Å². The molecule has 6 heteroatoms. The van der Waals surface area contributed by atoms with Gasteiger partial charge in [-0.25, -0.2) is 4.79 Å². The second kappa shape index (κ2) is 6.28. The van der Waals surface area contributed by atoms with Gasteiger partial charge in [0, 0.05) is 37.7 Å². The summed E-state index contributed by atoms with van der Waals surface area (Å²) in [7, 11) is 3.52. The number of carbonyl (C=O) groups is 1. The molecule has 1 N–H and O–H groups in total. The fourth-order valence-electron chi connectivity index (χ4n) is 3.36. The Balaban J connectivity index is 2.00. The highest BCUT2D eigenvalue weighted by Crippen LogP contribution is 2.29. The lowest BCUT2D eigenvalue weighted by Crippen LogP contribution is -2.42. The summed E-state index contributed by atoms with van der Waals surface area (Å²) in [5.41, 5.74) is 1.34. The molecule has 1 saturated heterocycles. The maximum atomic E-state index is 12.3. The number of hydrogen-bond donors (Lipinski definition) is 1. The van der Waals surface area contributed by atoms with E-state index in [0.717, 1.165) is 30.3 Å². The van der Waals surface area contributed by atoms with Crippen molar-refractivity contribution < 1.29 is 14.3 Å². The van der Waals surface area contributed by atoms with Gasteiger partial charge >= 0.3 is 5.63 Å². The summed E-state index contributed by atoms with van der Waals surface area (Å²) in [6, 6.07) is 4.69. The second-order valence-electron chi connectivity index (χ2n) is 6.54. The molecule has 1 aromatic carbocycles. The molecule has 0 bridgehead atoms. The average molecular weight is 330 g/mol. The molecule has 0 radical (unpaired) electrons. The number of benzene rings is 1. The fourth-order valence-corrected chi connectivity index (χ4v) is 3.36. The third kappa shape index (κ3) is 2.89. The van der Waals surface area contributed by atoms with Crippen LogP contribution in [0.1, 0.15) is 24.0 Å². The number of likely N-dealkylation sites (tertiary alicyclic amines) is 1. The number of carbonyl (C=O) groups excluding carboxylic acids is 1. The van der Waals surface area contributed by atoms with Crippen molar-refractivity contribution in [2.45, 2.75) is 32.4 Å². The molecule has 2 heterocycles. The molecule has 6 nitrogen and oxygen atoms in total. The Bertz CT molecular complexity index is 841. The molecule has 1 aliphatic rings. The van der Waals surface area contributed by atoms with Crippen molar-refractivity contribution in [3.63, 3.8) is 0 Å². The Hall–Kier alpha value is -2.34. The first-order valence-corrected chi connectivity index (χ1v) is 8.09. The molecule has 24 heavy (non-hydrogen) atoms. The van der Waals surface area contributed by atoms with Gasteiger partial charge in [-0.2, -0.15) is 0 Å². The van der Waals surface area contributed by atoms with Crippen LogP contribution in [-0.4, -0.2) is 47.5 Å². The average Bonchev–Trinajstić information content (AvgIpc) is 2.98. The molecule has 0 aliphatic carbocycles. The van der Waals surface area contributed by atoms with Crippen LogP contribution < -0.4 is 5.63 Å². The Morgan fingerprint density at radius 1 is 1.42 bits per heavy atom. The third-order valence-corrected chi connectivity index (χ3v) is 4.68. The van der Waals surface area contributed by atoms with Gasteiger partial charge in [-0.15, -0.1) is 0 Å². The van der Waals surface area contributed by atoms with Crippen LogP contribution in [0, 0.1) is 6.92 Å². The summed E-state index contributed by atoms with van der Waals surface area (Å²) < 4.78 is 5.28. The number of aromatic hydroxyl groups is 1. The topological polar surface area (TPSA) is 74.0 Å². The summed E-state index contributed by atoms with van der Waals surface area (Å²) in [5, 5.41) is 10.6. The van der Waals surface area contributed by atoms with Crippen molar-refractivity contribution in [3.05, 3.63) is 39.7 Å². The highest BCUT2D eigenvalue weighted by molar-refractivity contribution is 5.85. The van der Waals surface area contributed by atoms with E-state index in [4.69, 9.17) is 4.42 Å². The van der Waals surface area contributed by atoms with Gasteiger partial charge in [0.1, 0.15) is 11.3 Å². The molecular weight excluding hydrogens is 308 g/mol. The molecule has 0 saturated carbocycles. The monoisotopic (exact) mass is 330 g/mol. The summed E-state index contributed by atoms with van der Waals surface area (Å²) in [6.07, 6.45) is 1.79. The predicted octanol–water partition coefficient (Wildman–Crippen LogP) is 1.86. The molecule has 128 valence electrons. The molecule has 1 amide bonds. The van der Waals surface area contributed by atoms with Crippen molar-refractivity contribution in [1.29, 1.82) is 0 Å². The molecule has 1 aromatic heterocycles. The smallest absolute Gasteiger partial charge is 0.336 e. The molecule has 1 atom stereocenters. The highest BCUT2D eigenvalue weighted by Gasteiger charge is 2.32. The Morgan fingerprint density at radius 2 is 2.17 bits per heavy atom. The number of rotatable bonds is 3. The molecular formula is C18H22N2O4. The minimum atomic E-state index is -0.444. The SMILES string of the molecule is Cc1c(O)ccc2c(CN3CCCC3C(=O)N(C)C)cc(=O)oc12. The van der Waals surface area contributed by atoms with Crippen molar-refractivity contribution >= 4 is 16.9 Å². The van der Waals surface area contributed by atoms with Crippen LogP contribution in [0.25, 0.3) is 11.0 Å². The number of phenolic OH excluding ortho intramolecular Hbond substituents is 1. The predicted molar refractivity (Wildman–Crippen MR) is 91.0 cm³/mol. The zero-order chi connectivity index (χ0) is 17.4. The standard InChI is InChI=1S/C18H22N2O4/c1-11-15(21)7-6-13-12(9-16(22)24-17(11)13)10-20-8-4-5-14(20)18(23)19(2)3/h6-7,9,14,21H,4-5,8,10H2,1-3H3. The van der Waals surface area contributed by atoms with E-state index in [2.05, 4.69) is 4.90 Å². The van der Waals surface area contributed by atoms with Gasteiger partial charge in [-0.3, -0.25) is 9.69 Å². The van der Waals surface area contributed by atoms with Gasteiger partial charge in [0.15, 0.2) is 0 Å². The number of likely N-dealkylation sites (N-methyl/N-ethyl adjacent to an activating group) is 1. The first kappa shape index (κ1) is 16.5. The summed E-state index contributed by atoms with van der Waals surface area (Å²) >= 11 is 0. The fraction of sp³-hybridized carbons (Fsp3) is 0.444. The molecule has 0 spiro atoms. The first-order valence-electron chi connectivity index (χ1n) is 8.09. The first-order chi connectivity index (χ1) is 11.4. The van der Waals surface area contributed by atoms with E-state index in [1.807, 2.05) is 0 Å². The zero-order valence-electron chi connectivity index (χ0n) is 14.2. The Labute approximate surface area is 140 Å². The van der Waals surface area contributed by atoms with Gasteiger partial charge in [0.2, 0.25) is 5.91 Å². The summed E-state index contributed by atoms with van der Waals surface area (Å²) in [6.45, 7) is 3.05. The number of aryl methyl sites for hydroxylation is 1. The van der Waals surface area contributed by atoms with E-state index in [1.54, 1.807) is 38.1 Å². The normalized spacial score (nSPS) is 18.2. The van der Waals surface area contributed by atoms with Crippen LogP contribution in [0.5, 0.6) is 5.75 Å². The molecule has 2 aromatic rings. The lowest BCUT2D eigenvalue weighted by atomic mass is 10.1. The minimum Gasteiger partial charge on any atom is -0.508 e. The van der Waals surface area contributed by atoms with Crippen molar-refractivity contribution in [2.75, 3.05) is 20.6 Å². The molecule has 3 rings (SSSR count). The number of nitrogens with zero attached hydrogens (tertiary/aromatic N) is 2. The number of amides is 1. The van der Waals surface area contributed by atoms with Gasteiger partial charge < -0.3 is 14.4 Å². The van der Waals surface area contributed by atoms with E-state index in [0.29, 0.717) is 17.7 Å². The van der Waals surface area contributed by atoms with Crippen molar-refractivity contribution in [1.82, 2.24) is 9.80 Å². The van der Waals surface area contributed by atoms with Crippen LogP contribution in [-0.2, 0) is 11.3 Å². The number of hydrogen-bond acceptors (Lipinski definition) is 5. The Morgan fingerprint density at radius 3 is 2.88 bits per heavy atom. The number of phenols is 1. The molecule has 1 aliphatic heterocycles. The highest BCUT2D eigenvalue weighted by atomic mass is 16.4. The largest absolute Gasteiger partial charge is 0.508 e. The minimum absolute atomic E-state index is 0.0913. The quantitative estimate of drug-likeness (QED) is 0.870. The lowest BCUT2D eigenvalue weighted by molar-refractivity contribution is -0.133. The van der Waals surface area contributed by atoms with Crippen molar-refractivity contribution in [3.8, 4) is 5.75 Å². The summed E-state index contributed by atoms with van der Waals surface area (Å²) in [5.74, 6) is 0.193. The lowest BCUT2D eigenvalue weighted by Gasteiger charge is -2.26. The van der Waals surface area contributed by atoms with Gasteiger partial charge in [0.05, 0.1) is 6.04 Å². The molecule has 1 fully saturated rings. The van der Waals surface area contributed by atoms with Gasteiger partial charge in [0.25, 0.3) is 0 Å². The zero-order valence-corrected chi connectivity index (χ0v) is 14.2. The third-order valence-electron chi connectivity index (χ3n) is 4.68. The van der Waals surface area contributed by atoms with Crippen LogP contribution in [0.2, 0.25) is 0 Å². The maximum Gasteiger partial charge on any atom is 0.336 e. The molecule has 1 unspecified atom stereocenters. The van der Waals surface area contributed by atoms with E-state index < -0.39 is 5.63 Å². The Kier molecular flexibility index (Phi) is 4.32. The van der Waals surface area contributed by atoms with E-state index in [9.17, 15) is 14.7 Å². The summed E-state index contributed by atoms with van der Waals surface area (Å²) in [4.78, 5) is 28.0.